The number of hydrogen-bond donors (Lipinski definition) is 0. The van der Waals surface area contributed by atoms with Gasteiger partial charge in [-0.15, -0.1) is 0 Å². The van der Waals surface area contributed by atoms with Crippen LogP contribution in [0.5, 0.6) is 0 Å². The van der Waals surface area contributed by atoms with E-state index in [0.29, 0.717) is 12.3 Å². The normalized spacial score (nSPS) is 21.2. The Balaban J connectivity index is 2.55. The summed E-state index contributed by atoms with van der Waals surface area (Å²) >= 11 is 0. The highest BCUT2D eigenvalue weighted by Crippen LogP contribution is 2.41. The van der Waals surface area contributed by atoms with Crippen molar-refractivity contribution in [2.24, 2.45) is 11.8 Å². The summed E-state index contributed by atoms with van der Waals surface area (Å²) in [6.07, 6.45) is 3.80. The standard InChI is InChI=1S/C10H16FN/c1-10(2,11)9(6-7-12)8-4-3-5-8/h8-9H,3-6H2,1-2H3. The van der Waals surface area contributed by atoms with Gasteiger partial charge in [0.15, 0.2) is 0 Å². The number of hydrogen-bond acceptors (Lipinski definition) is 1. The van der Waals surface area contributed by atoms with Crippen molar-refractivity contribution in [3.8, 4) is 6.07 Å². The Morgan fingerprint density at radius 2 is 2.17 bits per heavy atom. The molecule has 1 atom stereocenters. The molecule has 0 aromatic rings. The molecule has 1 nitrogen and oxygen atoms in total. The Hall–Kier alpha value is -0.580. The first kappa shape index (κ1) is 9.51. The lowest BCUT2D eigenvalue weighted by Crippen LogP contribution is -2.35. The van der Waals surface area contributed by atoms with Crippen LogP contribution < -0.4 is 0 Å². The minimum Gasteiger partial charge on any atom is -0.244 e. The van der Waals surface area contributed by atoms with E-state index < -0.39 is 5.67 Å². The lowest BCUT2D eigenvalue weighted by Gasteiger charge is -2.38. The van der Waals surface area contributed by atoms with E-state index in [1.54, 1.807) is 13.8 Å². The average molecular weight is 169 g/mol. The predicted octanol–water partition coefficient (Wildman–Crippen LogP) is 3.06. The zero-order valence-electron chi connectivity index (χ0n) is 7.81. The van der Waals surface area contributed by atoms with Crippen molar-refractivity contribution in [2.75, 3.05) is 0 Å². The van der Waals surface area contributed by atoms with Gasteiger partial charge < -0.3 is 0 Å². The first-order valence-electron chi connectivity index (χ1n) is 4.61. The second-order valence-electron chi connectivity index (χ2n) is 4.22. The number of alkyl halides is 1. The molecule has 0 spiro atoms. The maximum absolute atomic E-state index is 13.6. The van der Waals surface area contributed by atoms with Gasteiger partial charge in [0, 0.05) is 12.3 Å². The van der Waals surface area contributed by atoms with Crippen LogP contribution in [0.1, 0.15) is 39.5 Å². The second-order valence-corrected chi connectivity index (χ2v) is 4.22. The fraction of sp³-hybridized carbons (Fsp3) is 0.900. The van der Waals surface area contributed by atoms with Crippen LogP contribution in [0.15, 0.2) is 0 Å². The van der Waals surface area contributed by atoms with Gasteiger partial charge >= 0.3 is 0 Å². The predicted molar refractivity (Wildman–Crippen MR) is 46.2 cm³/mol. The minimum absolute atomic E-state index is 0.0451. The van der Waals surface area contributed by atoms with Crippen LogP contribution in [0.2, 0.25) is 0 Å². The van der Waals surface area contributed by atoms with Crippen LogP contribution in [-0.4, -0.2) is 5.67 Å². The molecule has 2 heteroatoms. The van der Waals surface area contributed by atoms with Gasteiger partial charge in [-0.1, -0.05) is 19.3 Å². The van der Waals surface area contributed by atoms with E-state index in [4.69, 9.17) is 5.26 Å². The molecule has 0 aromatic heterocycles. The Morgan fingerprint density at radius 3 is 2.42 bits per heavy atom. The van der Waals surface area contributed by atoms with Crippen molar-refractivity contribution >= 4 is 0 Å². The summed E-state index contributed by atoms with van der Waals surface area (Å²) in [5.41, 5.74) is -1.18. The van der Waals surface area contributed by atoms with Crippen LogP contribution in [0.25, 0.3) is 0 Å². The topological polar surface area (TPSA) is 23.8 Å². The Bertz CT molecular complexity index is 183. The van der Waals surface area contributed by atoms with E-state index in [0.717, 1.165) is 12.8 Å². The molecule has 1 fully saturated rings. The van der Waals surface area contributed by atoms with Crippen molar-refractivity contribution in [3.05, 3.63) is 0 Å². The van der Waals surface area contributed by atoms with Gasteiger partial charge in [0.1, 0.15) is 5.67 Å². The molecule has 12 heavy (non-hydrogen) atoms. The summed E-state index contributed by atoms with van der Waals surface area (Å²) in [4.78, 5) is 0. The maximum atomic E-state index is 13.6. The van der Waals surface area contributed by atoms with Crippen molar-refractivity contribution < 1.29 is 4.39 Å². The number of nitriles is 1. The molecule has 1 unspecified atom stereocenters. The van der Waals surface area contributed by atoms with E-state index in [1.807, 2.05) is 0 Å². The molecule has 0 bridgehead atoms. The van der Waals surface area contributed by atoms with Gasteiger partial charge in [-0.25, -0.2) is 4.39 Å². The van der Waals surface area contributed by atoms with E-state index in [-0.39, 0.29) is 5.92 Å². The number of halogens is 1. The molecular weight excluding hydrogens is 153 g/mol. The van der Waals surface area contributed by atoms with Crippen molar-refractivity contribution in [2.45, 2.75) is 45.2 Å². The Labute approximate surface area is 73.6 Å². The first-order chi connectivity index (χ1) is 5.55. The molecule has 0 aromatic carbocycles. The summed E-state index contributed by atoms with van der Waals surface area (Å²) < 4.78 is 13.6. The Morgan fingerprint density at radius 1 is 1.58 bits per heavy atom. The highest BCUT2D eigenvalue weighted by atomic mass is 19.1. The molecular formula is C10H16FN. The number of nitrogens with zero attached hydrogens (tertiary/aromatic N) is 1. The van der Waals surface area contributed by atoms with Gasteiger partial charge in [-0.2, -0.15) is 5.26 Å². The molecule has 1 saturated carbocycles. The van der Waals surface area contributed by atoms with Gasteiger partial charge in [-0.05, 0) is 19.8 Å². The van der Waals surface area contributed by atoms with Crippen LogP contribution >= 0.6 is 0 Å². The smallest absolute Gasteiger partial charge is 0.109 e. The summed E-state index contributed by atoms with van der Waals surface area (Å²) in [5.74, 6) is 0.417. The highest BCUT2D eigenvalue weighted by molar-refractivity contribution is 4.92. The zero-order chi connectivity index (χ0) is 9.19. The van der Waals surface area contributed by atoms with Gasteiger partial charge in [-0.3, -0.25) is 0 Å². The summed E-state index contributed by atoms with van der Waals surface area (Å²) in [5, 5.41) is 8.55. The molecule has 0 N–H and O–H groups in total. The summed E-state index contributed by atoms with van der Waals surface area (Å²) in [7, 11) is 0. The van der Waals surface area contributed by atoms with E-state index in [1.165, 1.54) is 6.42 Å². The maximum Gasteiger partial charge on any atom is 0.109 e. The fourth-order valence-electron chi connectivity index (χ4n) is 1.91. The van der Waals surface area contributed by atoms with Crippen LogP contribution in [0, 0.1) is 23.2 Å². The van der Waals surface area contributed by atoms with E-state index in [9.17, 15) is 4.39 Å². The quantitative estimate of drug-likeness (QED) is 0.637. The second kappa shape index (κ2) is 3.43. The Kier molecular flexibility index (Phi) is 2.72. The minimum atomic E-state index is -1.18. The molecule has 0 aliphatic heterocycles. The molecule has 1 rings (SSSR count). The number of rotatable bonds is 3. The van der Waals surface area contributed by atoms with E-state index >= 15 is 0 Å². The third-order valence-electron chi connectivity index (χ3n) is 2.91. The third kappa shape index (κ3) is 1.97. The van der Waals surface area contributed by atoms with Crippen molar-refractivity contribution in [3.63, 3.8) is 0 Å². The van der Waals surface area contributed by atoms with Crippen LogP contribution in [-0.2, 0) is 0 Å². The monoisotopic (exact) mass is 169 g/mol. The van der Waals surface area contributed by atoms with Gasteiger partial charge in [0.25, 0.3) is 0 Å². The molecule has 0 heterocycles. The van der Waals surface area contributed by atoms with Crippen molar-refractivity contribution in [1.82, 2.24) is 0 Å². The molecule has 1 aliphatic carbocycles. The molecule has 0 saturated heterocycles. The fourth-order valence-corrected chi connectivity index (χ4v) is 1.91. The molecule has 0 amide bonds. The highest BCUT2D eigenvalue weighted by Gasteiger charge is 2.38. The van der Waals surface area contributed by atoms with E-state index in [2.05, 4.69) is 6.07 Å². The summed E-state index contributed by atoms with van der Waals surface area (Å²) in [6.45, 7) is 3.18. The van der Waals surface area contributed by atoms with Crippen molar-refractivity contribution in [1.29, 1.82) is 5.26 Å². The largest absolute Gasteiger partial charge is 0.244 e. The first-order valence-corrected chi connectivity index (χ1v) is 4.61. The lowest BCUT2D eigenvalue weighted by atomic mass is 9.69. The zero-order valence-corrected chi connectivity index (χ0v) is 7.81. The third-order valence-corrected chi connectivity index (χ3v) is 2.91. The van der Waals surface area contributed by atoms with Gasteiger partial charge in [0.05, 0.1) is 6.07 Å². The van der Waals surface area contributed by atoms with Gasteiger partial charge in [0.2, 0.25) is 0 Å². The average Bonchev–Trinajstić information content (AvgIpc) is 1.80. The summed E-state index contributed by atoms with van der Waals surface area (Å²) in [6, 6.07) is 2.08. The van der Waals surface area contributed by atoms with Crippen LogP contribution in [0.3, 0.4) is 0 Å². The SMILES string of the molecule is CC(C)(F)C(CC#N)C1CCC1. The molecule has 1 aliphatic rings. The molecule has 68 valence electrons. The van der Waals surface area contributed by atoms with Crippen LogP contribution in [0.4, 0.5) is 4.39 Å². The lowest BCUT2D eigenvalue weighted by molar-refractivity contribution is 0.0471. The molecule has 0 radical (unpaired) electrons.